The lowest BCUT2D eigenvalue weighted by molar-refractivity contribution is -0.137. The Hall–Kier alpha value is -1.03. The Morgan fingerprint density at radius 2 is 1.59 bits per heavy atom. The summed E-state index contributed by atoms with van der Waals surface area (Å²) in [6.45, 7) is 0. The van der Waals surface area contributed by atoms with Crippen LogP contribution in [0.25, 0.3) is 0 Å². The molecular formula is C13H15F3O. The smallest absolute Gasteiger partial charge is 0.392 e. The van der Waals surface area contributed by atoms with Gasteiger partial charge in [0.1, 0.15) is 0 Å². The minimum atomic E-state index is -4.29. The van der Waals surface area contributed by atoms with Crippen molar-refractivity contribution in [1.82, 2.24) is 0 Å². The van der Waals surface area contributed by atoms with Crippen molar-refractivity contribution in [3.8, 4) is 0 Å². The fourth-order valence-corrected chi connectivity index (χ4v) is 2.42. The summed E-state index contributed by atoms with van der Waals surface area (Å²) in [5.41, 5.74) is 0.178. The van der Waals surface area contributed by atoms with Crippen molar-refractivity contribution in [1.29, 1.82) is 0 Å². The van der Waals surface area contributed by atoms with E-state index in [0.717, 1.165) is 43.4 Å². The molecule has 0 radical (unpaired) electrons. The highest BCUT2D eigenvalue weighted by Gasteiger charge is 2.31. The number of aliphatic hydroxyl groups excluding tert-OH is 1. The lowest BCUT2D eigenvalue weighted by Gasteiger charge is -2.28. The zero-order chi connectivity index (χ0) is 12.5. The standard InChI is InChI=1S/C13H15F3O/c14-13(15,16)10-7-5-9(6-8-10)11-3-1-2-4-12(11)17/h5-8,11-12,17H,1-4H2/t11-,12-/m1/s1. The van der Waals surface area contributed by atoms with Crippen LogP contribution in [0.1, 0.15) is 42.7 Å². The number of hydrogen-bond donors (Lipinski definition) is 1. The van der Waals surface area contributed by atoms with E-state index in [1.165, 1.54) is 12.1 Å². The number of halogens is 3. The van der Waals surface area contributed by atoms with Crippen molar-refractivity contribution in [2.24, 2.45) is 0 Å². The van der Waals surface area contributed by atoms with Crippen molar-refractivity contribution in [2.75, 3.05) is 0 Å². The van der Waals surface area contributed by atoms with Crippen LogP contribution in [0.5, 0.6) is 0 Å². The number of benzene rings is 1. The highest BCUT2D eigenvalue weighted by Crippen LogP contribution is 2.35. The molecule has 0 bridgehead atoms. The number of rotatable bonds is 1. The summed E-state index contributed by atoms with van der Waals surface area (Å²) in [5, 5.41) is 9.83. The van der Waals surface area contributed by atoms with Gasteiger partial charge in [-0.1, -0.05) is 25.0 Å². The van der Waals surface area contributed by atoms with Gasteiger partial charge in [-0.05, 0) is 30.5 Å². The number of aliphatic hydroxyl groups is 1. The summed E-state index contributed by atoms with van der Waals surface area (Å²) < 4.78 is 37.2. The van der Waals surface area contributed by atoms with E-state index >= 15 is 0 Å². The Morgan fingerprint density at radius 3 is 2.12 bits per heavy atom. The monoisotopic (exact) mass is 244 g/mol. The summed E-state index contributed by atoms with van der Waals surface area (Å²) in [4.78, 5) is 0. The van der Waals surface area contributed by atoms with Crippen molar-refractivity contribution in [3.63, 3.8) is 0 Å². The third kappa shape index (κ3) is 2.80. The zero-order valence-corrected chi connectivity index (χ0v) is 9.37. The van der Waals surface area contributed by atoms with Crippen molar-refractivity contribution < 1.29 is 18.3 Å². The molecule has 17 heavy (non-hydrogen) atoms. The van der Waals surface area contributed by atoms with Crippen LogP contribution in [0.3, 0.4) is 0 Å². The summed E-state index contributed by atoms with van der Waals surface area (Å²) in [6.07, 6.45) is -1.08. The quantitative estimate of drug-likeness (QED) is 0.798. The normalized spacial score (nSPS) is 25.9. The molecule has 1 aromatic rings. The summed E-state index contributed by atoms with van der Waals surface area (Å²) in [5.74, 6) is -0.00830. The first kappa shape index (κ1) is 12.4. The summed E-state index contributed by atoms with van der Waals surface area (Å²) in [6, 6.07) is 5.16. The van der Waals surface area contributed by atoms with E-state index in [4.69, 9.17) is 0 Å². The van der Waals surface area contributed by atoms with E-state index in [1.54, 1.807) is 0 Å². The van der Waals surface area contributed by atoms with E-state index in [0.29, 0.717) is 0 Å². The molecule has 1 aliphatic carbocycles. The lowest BCUT2D eigenvalue weighted by atomic mass is 9.81. The van der Waals surface area contributed by atoms with Crippen molar-refractivity contribution >= 4 is 0 Å². The Morgan fingerprint density at radius 1 is 1.00 bits per heavy atom. The van der Waals surface area contributed by atoms with E-state index in [9.17, 15) is 18.3 Å². The molecule has 1 aromatic carbocycles. The minimum Gasteiger partial charge on any atom is -0.392 e. The van der Waals surface area contributed by atoms with Crippen LogP contribution in [-0.2, 0) is 6.18 Å². The van der Waals surface area contributed by atoms with Gasteiger partial charge in [-0.25, -0.2) is 0 Å². The van der Waals surface area contributed by atoms with Crippen LogP contribution in [0.4, 0.5) is 13.2 Å². The first-order valence-electron chi connectivity index (χ1n) is 5.84. The second kappa shape index (κ2) is 4.69. The molecule has 0 amide bonds. The molecule has 2 rings (SSSR count). The molecule has 0 heterocycles. The van der Waals surface area contributed by atoms with E-state index in [2.05, 4.69) is 0 Å². The number of hydrogen-bond acceptors (Lipinski definition) is 1. The summed E-state index contributed by atoms with van der Waals surface area (Å²) in [7, 11) is 0. The molecule has 0 saturated heterocycles. The van der Waals surface area contributed by atoms with Gasteiger partial charge in [-0.15, -0.1) is 0 Å². The van der Waals surface area contributed by atoms with Gasteiger partial charge in [0.2, 0.25) is 0 Å². The zero-order valence-electron chi connectivity index (χ0n) is 9.37. The predicted octanol–water partition coefficient (Wildman–Crippen LogP) is 3.72. The number of alkyl halides is 3. The van der Waals surface area contributed by atoms with Crippen LogP contribution in [0.2, 0.25) is 0 Å². The SMILES string of the molecule is O[C@@H]1CCCC[C@@H]1c1ccc(C(F)(F)F)cc1. The first-order chi connectivity index (χ1) is 7.98. The molecule has 1 nitrogen and oxygen atoms in total. The third-order valence-corrected chi connectivity index (χ3v) is 3.40. The van der Waals surface area contributed by atoms with Gasteiger partial charge < -0.3 is 5.11 Å². The van der Waals surface area contributed by atoms with Gasteiger partial charge in [0, 0.05) is 5.92 Å². The summed E-state index contributed by atoms with van der Waals surface area (Å²) >= 11 is 0. The van der Waals surface area contributed by atoms with Gasteiger partial charge in [-0.3, -0.25) is 0 Å². The molecule has 4 heteroatoms. The van der Waals surface area contributed by atoms with Crippen LogP contribution in [0, 0.1) is 0 Å². The molecular weight excluding hydrogens is 229 g/mol. The highest BCUT2D eigenvalue weighted by molar-refractivity contribution is 5.28. The van der Waals surface area contributed by atoms with Crippen molar-refractivity contribution in [3.05, 3.63) is 35.4 Å². The average molecular weight is 244 g/mol. The molecule has 1 N–H and O–H groups in total. The average Bonchev–Trinajstić information content (AvgIpc) is 2.29. The molecule has 94 valence electrons. The fraction of sp³-hybridized carbons (Fsp3) is 0.538. The Labute approximate surface area is 98.3 Å². The molecule has 0 spiro atoms. The molecule has 2 atom stereocenters. The van der Waals surface area contributed by atoms with Crippen LogP contribution >= 0.6 is 0 Å². The van der Waals surface area contributed by atoms with Crippen LogP contribution in [0.15, 0.2) is 24.3 Å². The largest absolute Gasteiger partial charge is 0.416 e. The Balaban J connectivity index is 2.17. The van der Waals surface area contributed by atoms with Gasteiger partial charge in [0.05, 0.1) is 11.7 Å². The molecule has 0 unspecified atom stereocenters. The Bertz CT molecular complexity index is 369. The van der Waals surface area contributed by atoms with E-state index in [-0.39, 0.29) is 5.92 Å². The van der Waals surface area contributed by atoms with Crippen molar-refractivity contribution in [2.45, 2.75) is 43.9 Å². The maximum absolute atomic E-state index is 12.4. The maximum atomic E-state index is 12.4. The van der Waals surface area contributed by atoms with Gasteiger partial charge in [-0.2, -0.15) is 13.2 Å². The van der Waals surface area contributed by atoms with E-state index in [1.807, 2.05) is 0 Å². The fourth-order valence-electron chi connectivity index (χ4n) is 2.42. The predicted molar refractivity (Wildman–Crippen MR) is 58.7 cm³/mol. The van der Waals surface area contributed by atoms with Gasteiger partial charge >= 0.3 is 6.18 Å². The van der Waals surface area contributed by atoms with Crippen LogP contribution in [-0.4, -0.2) is 11.2 Å². The molecule has 1 fully saturated rings. The van der Waals surface area contributed by atoms with Gasteiger partial charge in [0.25, 0.3) is 0 Å². The third-order valence-electron chi connectivity index (χ3n) is 3.40. The molecule has 1 aliphatic rings. The molecule has 0 aromatic heterocycles. The van der Waals surface area contributed by atoms with Crippen LogP contribution < -0.4 is 0 Å². The topological polar surface area (TPSA) is 20.2 Å². The second-order valence-electron chi connectivity index (χ2n) is 4.58. The van der Waals surface area contributed by atoms with E-state index < -0.39 is 17.8 Å². The maximum Gasteiger partial charge on any atom is 0.416 e. The highest BCUT2D eigenvalue weighted by atomic mass is 19.4. The second-order valence-corrected chi connectivity index (χ2v) is 4.58. The molecule has 0 aliphatic heterocycles. The minimum absolute atomic E-state index is 0.00830. The lowest BCUT2D eigenvalue weighted by Crippen LogP contribution is -2.22. The Kier molecular flexibility index (Phi) is 3.43. The first-order valence-corrected chi connectivity index (χ1v) is 5.84. The van der Waals surface area contributed by atoms with Gasteiger partial charge in [0.15, 0.2) is 0 Å². The molecule has 1 saturated carbocycles.